The minimum absolute atomic E-state index is 0.0192. The number of carbonyl (C=O) groups is 1. The molecule has 1 aromatic heterocycles. The van der Waals surface area contributed by atoms with Gasteiger partial charge in [-0.05, 0) is 36.8 Å². The molecule has 0 spiro atoms. The molecule has 0 aliphatic carbocycles. The molecule has 8 nitrogen and oxygen atoms in total. The van der Waals surface area contributed by atoms with Gasteiger partial charge in [0.05, 0.1) is 23.7 Å². The molecule has 0 saturated carbocycles. The van der Waals surface area contributed by atoms with Gasteiger partial charge in [-0.25, -0.2) is 13.1 Å². The quantitative estimate of drug-likeness (QED) is 0.628. The number of aryl methyl sites for hydroxylation is 1. The maximum absolute atomic E-state index is 12.4. The number of aromatic nitrogens is 1. The topological polar surface area (TPSA) is 124 Å². The maximum Gasteiger partial charge on any atom is 0.252 e. The standard InChI is InChI=1S/C16H21N3O5S/c1-19-9-3-4-13(19)14(20)7-8-18-25(22,23)11-5-6-15(24-2)12(10-11)16(17)21/h3-6,9-10,14,18,20H,7-8H2,1-2H3,(H2,17,21). The van der Waals surface area contributed by atoms with E-state index in [1.54, 1.807) is 29.9 Å². The van der Waals surface area contributed by atoms with Crippen LogP contribution in [0.1, 0.15) is 28.6 Å². The molecule has 1 amide bonds. The number of hydrogen-bond donors (Lipinski definition) is 3. The highest BCUT2D eigenvalue weighted by Gasteiger charge is 2.19. The van der Waals surface area contributed by atoms with Gasteiger partial charge in [-0.15, -0.1) is 0 Å². The van der Waals surface area contributed by atoms with Crippen LogP contribution in [-0.2, 0) is 17.1 Å². The van der Waals surface area contributed by atoms with E-state index < -0.39 is 22.0 Å². The van der Waals surface area contributed by atoms with Crippen molar-refractivity contribution in [2.75, 3.05) is 13.7 Å². The molecule has 1 unspecified atom stereocenters. The van der Waals surface area contributed by atoms with Gasteiger partial charge < -0.3 is 20.1 Å². The summed E-state index contributed by atoms with van der Waals surface area (Å²) in [5.74, 6) is -0.585. The van der Waals surface area contributed by atoms with E-state index in [4.69, 9.17) is 10.5 Å². The molecule has 0 aliphatic heterocycles. The number of primary amides is 1. The number of benzene rings is 1. The van der Waals surface area contributed by atoms with E-state index >= 15 is 0 Å². The van der Waals surface area contributed by atoms with Crippen LogP contribution in [-0.4, -0.2) is 37.7 Å². The van der Waals surface area contributed by atoms with Gasteiger partial charge in [-0.1, -0.05) is 0 Å². The van der Waals surface area contributed by atoms with Crippen LogP contribution in [0, 0.1) is 0 Å². The lowest BCUT2D eigenvalue weighted by Crippen LogP contribution is -2.26. The van der Waals surface area contributed by atoms with Gasteiger partial charge in [0.25, 0.3) is 5.91 Å². The predicted octanol–water partition coefficient (Wildman–Crippen LogP) is 0.535. The minimum Gasteiger partial charge on any atom is -0.496 e. The van der Waals surface area contributed by atoms with E-state index in [0.717, 1.165) is 6.07 Å². The van der Waals surface area contributed by atoms with Crippen molar-refractivity contribution in [3.05, 3.63) is 47.8 Å². The van der Waals surface area contributed by atoms with Crippen molar-refractivity contribution in [2.45, 2.75) is 17.4 Å². The maximum atomic E-state index is 12.4. The van der Waals surface area contributed by atoms with Gasteiger partial charge in [0.1, 0.15) is 5.75 Å². The van der Waals surface area contributed by atoms with Gasteiger partial charge in [0.2, 0.25) is 10.0 Å². The lowest BCUT2D eigenvalue weighted by Gasteiger charge is -2.13. The largest absolute Gasteiger partial charge is 0.496 e. The Morgan fingerprint density at radius 3 is 2.68 bits per heavy atom. The first-order valence-corrected chi connectivity index (χ1v) is 9.01. The fourth-order valence-corrected chi connectivity index (χ4v) is 3.50. The summed E-state index contributed by atoms with van der Waals surface area (Å²) in [6.45, 7) is 0.0343. The molecule has 1 aromatic carbocycles. The number of amides is 1. The number of rotatable bonds is 8. The average molecular weight is 367 g/mol. The Bertz CT molecular complexity index is 860. The second kappa shape index (κ2) is 7.68. The molecule has 1 heterocycles. The van der Waals surface area contributed by atoms with Crippen molar-refractivity contribution in [1.29, 1.82) is 0 Å². The number of ether oxygens (including phenoxy) is 1. The van der Waals surface area contributed by atoms with Crippen LogP contribution in [0.2, 0.25) is 0 Å². The summed E-state index contributed by atoms with van der Waals surface area (Å²) >= 11 is 0. The van der Waals surface area contributed by atoms with Crippen molar-refractivity contribution in [2.24, 2.45) is 12.8 Å². The first kappa shape index (κ1) is 19.0. The van der Waals surface area contributed by atoms with Crippen molar-refractivity contribution in [3.8, 4) is 5.75 Å². The zero-order valence-corrected chi connectivity index (χ0v) is 14.8. The van der Waals surface area contributed by atoms with Crippen molar-refractivity contribution in [1.82, 2.24) is 9.29 Å². The molecule has 1 atom stereocenters. The highest BCUT2D eigenvalue weighted by molar-refractivity contribution is 7.89. The molecule has 0 saturated heterocycles. The van der Waals surface area contributed by atoms with Gasteiger partial charge in [-0.3, -0.25) is 4.79 Å². The fourth-order valence-electron chi connectivity index (χ4n) is 2.43. The number of aliphatic hydroxyl groups is 1. The summed E-state index contributed by atoms with van der Waals surface area (Å²) in [6, 6.07) is 7.42. The van der Waals surface area contributed by atoms with Gasteiger partial charge >= 0.3 is 0 Å². The molecule has 4 N–H and O–H groups in total. The smallest absolute Gasteiger partial charge is 0.252 e. The van der Waals surface area contributed by atoms with E-state index in [9.17, 15) is 18.3 Å². The van der Waals surface area contributed by atoms with E-state index in [2.05, 4.69) is 4.72 Å². The Kier molecular flexibility index (Phi) is 5.83. The molecule has 9 heteroatoms. The van der Waals surface area contributed by atoms with Crippen molar-refractivity contribution >= 4 is 15.9 Å². The summed E-state index contributed by atoms with van der Waals surface area (Å²) in [5, 5.41) is 10.1. The highest BCUT2D eigenvalue weighted by Crippen LogP contribution is 2.22. The molecular weight excluding hydrogens is 346 g/mol. The molecule has 2 rings (SSSR count). The summed E-state index contributed by atoms with van der Waals surface area (Å²) in [5.41, 5.74) is 5.92. The molecule has 25 heavy (non-hydrogen) atoms. The summed E-state index contributed by atoms with van der Waals surface area (Å²) < 4.78 is 33.9. The van der Waals surface area contributed by atoms with E-state index in [0.29, 0.717) is 5.69 Å². The van der Waals surface area contributed by atoms with Crippen LogP contribution in [0.3, 0.4) is 0 Å². The van der Waals surface area contributed by atoms with E-state index in [-0.39, 0.29) is 29.2 Å². The van der Waals surface area contributed by atoms with E-state index in [1.165, 1.54) is 19.2 Å². The van der Waals surface area contributed by atoms with Crippen LogP contribution in [0.5, 0.6) is 5.75 Å². The second-order valence-corrected chi connectivity index (χ2v) is 7.24. The first-order chi connectivity index (χ1) is 11.8. The number of aliphatic hydroxyl groups excluding tert-OH is 1. The van der Waals surface area contributed by atoms with Crippen molar-refractivity contribution < 1.29 is 23.1 Å². The third-order valence-corrected chi connectivity index (χ3v) is 5.24. The number of nitrogens with zero attached hydrogens (tertiary/aromatic N) is 1. The van der Waals surface area contributed by atoms with Gasteiger partial charge in [0.15, 0.2) is 0 Å². The molecule has 0 fully saturated rings. The van der Waals surface area contributed by atoms with Crippen molar-refractivity contribution in [3.63, 3.8) is 0 Å². The summed E-state index contributed by atoms with van der Waals surface area (Å²) in [6.07, 6.45) is 1.21. The lowest BCUT2D eigenvalue weighted by molar-refractivity contribution is 0.0997. The number of nitrogens with one attached hydrogen (secondary N) is 1. The monoisotopic (exact) mass is 367 g/mol. The molecule has 0 bridgehead atoms. The zero-order chi connectivity index (χ0) is 18.6. The molecule has 0 radical (unpaired) electrons. The summed E-state index contributed by atoms with van der Waals surface area (Å²) in [7, 11) is -0.690. The fraction of sp³-hybridized carbons (Fsp3) is 0.312. The van der Waals surface area contributed by atoms with Crippen LogP contribution >= 0.6 is 0 Å². The Labute approximate surface area is 146 Å². The predicted molar refractivity (Wildman–Crippen MR) is 91.7 cm³/mol. The minimum atomic E-state index is -3.85. The van der Waals surface area contributed by atoms with Crippen LogP contribution in [0.4, 0.5) is 0 Å². The Morgan fingerprint density at radius 1 is 1.40 bits per heavy atom. The molecule has 2 aromatic rings. The third kappa shape index (κ3) is 4.38. The third-order valence-electron chi connectivity index (χ3n) is 3.78. The number of carbonyl (C=O) groups excluding carboxylic acids is 1. The Balaban J connectivity index is 2.08. The molecular formula is C16H21N3O5S. The SMILES string of the molecule is COc1ccc(S(=O)(=O)NCCC(O)c2cccn2C)cc1C(N)=O. The zero-order valence-electron chi connectivity index (χ0n) is 14.0. The van der Waals surface area contributed by atoms with Gasteiger partial charge in [-0.2, -0.15) is 0 Å². The van der Waals surface area contributed by atoms with Crippen LogP contribution in [0.15, 0.2) is 41.4 Å². The number of nitrogens with two attached hydrogens (primary N) is 1. The molecule has 136 valence electrons. The number of hydrogen-bond acceptors (Lipinski definition) is 5. The van der Waals surface area contributed by atoms with Gasteiger partial charge in [0, 0.05) is 25.5 Å². The average Bonchev–Trinajstić information content (AvgIpc) is 3.00. The second-order valence-electron chi connectivity index (χ2n) is 5.47. The Morgan fingerprint density at radius 2 is 2.12 bits per heavy atom. The number of methoxy groups -OCH3 is 1. The lowest BCUT2D eigenvalue weighted by atomic mass is 10.2. The van der Waals surface area contributed by atoms with E-state index in [1.807, 2.05) is 0 Å². The Hall–Kier alpha value is -2.36. The highest BCUT2D eigenvalue weighted by atomic mass is 32.2. The van der Waals surface area contributed by atoms with Crippen LogP contribution in [0.25, 0.3) is 0 Å². The van der Waals surface area contributed by atoms with Crippen LogP contribution < -0.4 is 15.2 Å². The summed E-state index contributed by atoms with van der Waals surface area (Å²) in [4.78, 5) is 11.3. The molecule has 0 aliphatic rings. The first-order valence-electron chi connectivity index (χ1n) is 7.53. The normalized spacial score (nSPS) is 12.8. The number of sulfonamides is 1.